The molecule has 2 atom stereocenters. The van der Waals surface area contributed by atoms with Gasteiger partial charge in [-0.2, -0.15) is 0 Å². The van der Waals surface area contributed by atoms with Gasteiger partial charge in [0.05, 0.1) is 0 Å². The maximum absolute atomic E-state index is 10.3. The Morgan fingerprint density at radius 3 is 2.42 bits per heavy atom. The quantitative estimate of drug-likeness (QED) is 0.421. The normalized spacial score (nSPS) is 15.2. The summed E-state index contributed by atoms with van der Waals surface area (Å²) in [6, 6.07) is -1.20. The Morgan fingerprint density at radius 1 is 1.58 bits per heavy atom. The Morgan fingerprint density at radius 2 is 2.08 bits per heavy atom. The third-order valence-electron chi connectivity index (χ3n) is 1.59. The minimum absolute atomic E-state index is 0.274. The van der Waals surface area contributed by atoms with Crippen molar-refractivity contribution in [3.05, 3.63) is 0 Å². The van der Waals surface area contributed by atoms with Gasteiger partial charge in [0.25, 0.3) is 0 Å². The first kappa shape index (κ1) is 11.1. The highest BCUT2D eigenvalue weighted by Crippen LogP contribution is 1.98. The molecule has 0 aliphatic heterocycles. The molecule has 5 nitrogen and oxygen atoms in total. The highest BCUT2D eigenvalue weighted by molar-refractivity contribution is 5.86. The molecule has 6 N–H and O–H groups in total. The lowest BCUT2D eigenvalue weighted by molar-refractivity contribution is -0.138. The predicted molar refractivity (Wildman–Crippen MR) is 46.2 cm³/mol. The van der Waals surface area contributed by atoms with Crippen molar-refractivity contribution in [3.8, 4) is 0 Å². The van der Waals surface area contributed by atoms with E-state index in [0.717, 1.165) is 0 Å². The number of carboxylic acids is 1. The van der Waals surface area contributed by atoms with Gasteiger partial charge in [0.2, 0.25) is 0 Å². The number of aliphatic carboxylic acids is 1. The summed E-state index contributed by atoms with van der Waals surface area (Å²) in [5.41, 5.74) is 11.0. The topological polar surface area (TPSA) is 113 Å². The average molecular weight is 173 g/mol. The van der Waals surface area contributed by atoms with E-state index >= 15 is 0 Å². The van der Waals surface area contributed by atoms with Crippen molar-refractivity contribution in [1.29, 1.82) is 5.41 Å². The van der Waals surface area contributed by atoms with E-state index in [1.807, 2.05) is 0 Å². The van der Waals surface area contributed by atoms with Crippen LogP contribution in [-0.2, 0) is 4.79 Å². The van der Waals surface area contributed by atoms with E-state index in [1.165, 1.54) is 0 Å². The molecule has 0 aliphatic rings. The summed E-state index contributed by atoms with van der Waals surface area (Å²) in [7, 11) is 0. The standard InChI is InChI=1S/C7H15N3O2/c1-4(8)5(9)2-3-6(10)7(11)12/h4,6,9H,2-3,8,10H2,1H3,(H,11,12)/t4?,6-/m0/s1. The molecule has 12 heavy (non-hydrogen) atoms. The molecular weight excluding hydrogens is 158 g/mol. The minimum atomic E-state index is -1.03. The molecule has 0 aromatic heterocycles. The lowest BCUT2D eigenvalue weighted by atomic mass is 10.1. The molecule has 5 heteroatoms. The van der Waals surface area contributed by atoms with E-state index in [-0.39, 0.29) is 12.5 Å². The SMILES string of the molecule is CC(N)C(=N)CC[C@H](N)C(=O)O. The molecule has 0 saturated heterocycles. The van der Waals surface area contributed by atoms with Crippen LogP contribution in [0.2, 0.25) is 0 Å². The van der Waals surface area contributed by atoms with Crippen LogP contribution >= 0.6 is 0 Å². The molecule has 70 valence electrons. The largest absolute Gasteiger partial charge is 0.480 e. The minimum Gasteiger partial charge on any atom is -0.480 e. The van der Waals surface area contributed by atoms with Crippen LogP contribution in [0, 0.1) is 5.41 Å². The van der Waals surface area contributed by atoms with Crippen molar-refractivity contribution in [2.75, 3.05) is 0 Å². The van der Waals surface area contributed by atoms with Crippen LogP contribution in [0.1, 0.15) is 19.8 Å². The van der Waals surface area contributed by atoms with Crippen molar-refractivity contribution in [3.63, 3.8) is 0 Å². The van der Waals surface area contributed by atoms with E-state index in [1.54, 1.807) is 6.92 Å². The third kappa shape index (κ3) is 4.05. The summed E-state index contributed by atoms with van der Waals surface area (Å²) in [5, 5.41) is 15.7. The van der Waals surface area contributed by atoms with Crippen LogP contribution in [0.25, 0.3) is 0 Å². The monoisotopic (exact) mass is 173 g/mol. The number of carboxylic acid groups (broad SMARTS) is 1. The van der Waals surface area contributed by atoms with Crippen molar-refractivity contribution >= 4 is 11.7 Å². The Bertz CT molecular complexity index is 179. The highest BCUT2D eigenvalue weighted by Gasteiger charge is 2.12. The van der Waals surface area contributed by atoms with Crippen molar-refractivity contribution in [1.82, 2.24) is 0 Å². The van der Waals surface area contributed by atoms with Crippen molar-refractivity contribution in [2.24, 2.45) is 11.5 Å². The molecule has 0 aromatic rings. The summed E-state index contributed by atoms with van der Waals surface area (Å²) in [6.07, 6.45) is 0.626. The molecule has 0 bridgehead atoms. The molecule has 0 aromatic carbocycles. The van der Waals surface area contributed by atoms with E-state index in [4.69, 9.17) is 22.0 Å². The van der Waals surface area contributed by atoms with Gasteiger partial charge in [-0.15, -0.1) is 0 Å². The van der Waals surface area contributed by atoms with Crippen LogP contribution in [0.15, 0.2) is 0 Å². The number of nitrogens with two attached hydrogens (primary N) is 2. The molecule has 0 aliphatic carbocycles. The maximum Gasteiger partial charge on any atom is 0.320 e. The first-order chi connectivity index (χ1) is 5.45. The summed E-state index contributed by atoms with van der Waals surface area (Å²) in [5.74, 6) is -1.03. The van der Waals surface area contributed by atoms with Crippen LogP contribution in [0.3, 0.4) is 0 Å². The zero-order valence-electron chi connectivity index (χ0n) is 7.08. The van der Waals surface area contributed by atoms with Gasteiger partial charge in [-0.05, 0) is 19.8 Å². The fourth-order valence-corrected chi connectivity index (χ4v) is 0.662. The average Bonchev–Trinajstić information content (AvgIpc) is 1.98. The van der Waals surface area contributed by atoms with Crippen molar-refractivity contribution in [2.45, 2.75) is 31.8 Å². The molecule has 0 amide bonds. The molecule has 0 rings (SSSR count). The second-order valence-corrected chi connectivity index (χ2v) is 2.80. The van der Waals surface area contributed by atoms with Gasteiger partial charge in [0.1, 0.15) is 6.04 Å². The zero-order valence-corrected chi connectivity index (χ0v) is 7.08. The fourth-order valence-electron chi connectivity index (χ4n) is 0.662. The van der Waals surface area contributed by atoms with Crippen LogP contribution in [0.5, 0.6) is 0 Å². The van der Waals surface area contributed by atoms with E-state index < -0.39 is 12.0 Å². The summed E-state index contributed by atoms with van der Waals surface area (Å²) >= 11 is 0. The molecule has 0 spiro atoms. The summed E-state index contributed by atoms with van der Waals surface area (Å²) in [6.45, 7) is 1.69. The van der Waals surface area contributed by atoms with Gasteiger partial charge in [0.15, 0.2) is 0 Å². The first-order valence-corrected chi connectivity index (χ1v) is 3.76. The van der Waals surface area contributed by atoms with Gasteiger partial charge in [-0.3, -0.25) is 4.79 Å². The summed E-state index contributed by atoms with van der Waals surface area (Å²) in [4.78, 5) is 10.3. The van der Waals surface area contributed by atoms with Gasteiger partial charge >= 0.3 is 5.97 Å². The lowest BCUT2D eigenvalue weighted by Crippen LogP contribution is -2.33. The second-order valence-electron chi connectivity index (χ2n) is 2.80. The number of nitrogens with one attached hydrogen (secondary N) is 1. The first-order valence-electron chi connectivity index (χ1n) is 3.76. The van der Waals surface area contributed by atoms with Crippen molar-refractivity contribution < 1.29 is 9.90 Å². The Balaban J connectivity index is 3.69. The van der Waals surface area contributed by atoms with Gasteiger partial charge in [-0.25, -0.2) is 0 Å². The van der Waals surface area contributed by atoms with Gasteiger partial charge < -0.3 is 22.0 Å². The molecule has 0 fully saturated rings. The Labute approximate surface area is 71.2 Å². The second kappa shape index (κ2) is 4.84. The Hall–Kier alpha value is -0.940. The van der Waals surface area contributed by atoms with E-state index in [0.29, 0.717) is 12.1 Å². The molecule has 0 heterocycles. The highest BCUT2D eigenvalue weighted by atomic mass is 16.4. The Kier molecular flexibility index (Phi) is 4.46. The number of hydrogen-bond acceptors (Lipinski definition) is 4. The predicted octanol–water partition coefficient (Wildman–Crippen LogP) is -0.455. The van der Waals surface area contributed by atoms with Crippen LogP contribution < -0.4 is 11.5 Å². The summed E-state index contributed by atoms with van der Waals surface area (Å²) < 4.78 is 0. The van der Waals surface area contributed by atoms with Crippen LogP contribution in [-0.4, -0.2) is 28.9 Å². The number of hydrogen-bond donors (Lipinski definition) is 4. The molecular formula is C7H15N3O2. The number of rotatable bonds is 5. The molecule has 0 radical (unpaired) electrons. The van der Waals surface area contributed by atoms with Gasteiger partial charge in [-0.1, -0.05) is 0 Å². The smallest absolute Gasteiger partial charge is 0.320 e. The fraction of sp³-hybridized carbons (Fsp3) is 0.714. The lowest BCUT2D eigenvalue weighted by Gasteiger charge is -2.09. The molecule has 1 unspecified atom stereocenters. The third-order valence-corrected chi connectivity index (χ3v) is 1.59. The van der Waals surface area contributed by atoms with E-state index in [2.05, 4.69) is 0 Å². The van der Waals surface area contributed by atoms with E-state index in [9.17, 15) is 4.79 Å². The number of carbonyl (C=O) groups is 1. The molecule has 0 saturated carbocycles. The van der Waals surface area contributed by atoms with Gasteiger partial charge in [0, 0.05) is 11.8 Å². The zero-order chi connectivity index (χ0) is 9.72. The van der Waals surface area contributed by atoms with Crippen LogP contribution in [0.4, 0.5) is 0 Å². The maximum atomic E-state index is 10.3.